The van der Waals surface area contributed by atoms with E-state index in [1.807, 2.05) is 0 Å². The third-order valence-corrected chi connectivity index (χ3v) is 3.49. The standard InChI is InChI=1S/C11H12FN3O2S/c12-8-5-7(13)1-2-9(8)18-4-3-15-10(16)6-14-11(15)17/h1-2,5H,3-4,6,13H2,(H,14,17). The highest BCUT2D eigenvalue weighted by molar-refractivity contribution is 7.99. The van der Waals surface area contributed by atoms with Gasteiger partial charge in [0, 0.05) is 22.9 Å². The second-order valence-electron chi connectivity index (χ2n) is 3.74. The first kappa shape index (κ1) is 12.7. The van der Waals surface area contributed by atoms with Crippen LogP contribution < -0.4 is 11.1 Å². The monoisotopic (exact) mass is 269 g/mol. The Balaban J connectivity index is 1.88. The Morgan fingerprint density at radius 3 is 2.83 bits per heavy atom. The van der Waals surface area contributed by atoms with Crippen molar-refractivity contribution < 1.29 is 14.0 Å². The molecule has 0 bridgehead atoms. The molecule has 0 aromatic heterocycles. The Labute approximate surface area is 108 Å². The Morgan fingerprint density at radius 1 is 1.44 bits per heavy atom. The maximum absolute atomic E-state index is 13.4. The highest BCUT2D eigenvalue weighted by atomic mass is 32.2. The van der Waals surface area contributed by atoms with Gasteiger partial charge in [-0.15, -0.1) is 11.8 Å². The number of carbonyl (C=O) groups excluding carboxylic acids is 2. The molecule has 0 aliphatic carbocycles. The van der Waals surface area contributed by atoms with E-state index in [0.29, 0.717) is 16.3 Å². The van der Waals surface area contributed by atoms with Crippen molar-refractivity contribution in [2.24, 2.45) is 0 Å². The number of hydrogen-bond donors (Lipinski definition) is 2. The van der Waals surface area contributed by atoms with Gasteiger partial charge < -0.3 is 11.1 Å². The molecule has 1 aromatic rings. The maximum atomic E-state index is 13.4. The van der Waals surface area contributed by atoms with Crippen LogP contribution in [0.1, 0.15) is 0 Å². The number of anilines is 1. The predicted molar refractivity (Wildman–Crippen MR) is 66.6 cm³/mol. The molecule has 0 spiro atoms. The molecule has 2 rings (SSSR count). The quantitative estimate of drug-likeness (QED) is 0.487. The van der Waals surface area contributed by atoms with Crippen molar-refractivity contribution in [3.05, 3.63) is 24.0 Å². The summed E-state index contributed by atoms with van der Waals surface area (Å²) in [7, 11) is 0. The average Bonchev–Trinajstić information content (AvgIpc) is 2.63. The van der Waals surface area contributed by atoms with Crippen molar-refractivity contribution in [2.45, 2.75) is 4.90 Å². The second-order valence-corrected chi connectivity index (χ2v) is 4.88. The van der Waals surface area contributed by atoms with Gasteiger partial charge in [0.1, 0.15) is 5.82 Å². The summed E-state index contributed by atoms with van der Waals surface area (Å²) in [6, 6.07) is 4.05. The van der Waals surface area contributed by atoms with E-state index < -0.39 is 11.8 Å². The number of carbonyl (C=O) groups is 2. The second kappa shape index (κ2) is 5.26. The molecule has 1 aliphatic rings. The van der Waals surface area contributed by atoms with Gasteiger partial charge in [-0.1, -0.05) is 0 Å². The fraction of sp³-hybridized carbons (Fsp3) is 0.273. The number of urea groups is 1. The van der Waals surface area contributed by atoms with Crippen LogP contribution in [0.4, 0.5) is 14.9 Å². The van der Waals surface area contributed by atoms with Gasteiger partial charge in [0.15, 0.2) is 0 Å². The summed E-state index contributed by atoms with van der Waals surface area (Å²) in [6.07, 6.45) is 0. The molecule has 1 saturated heterocycles. The lowest BCUT2D eigenvalue weighted by atomic mass is 10.3. The molecule has 1 heterocycles. The van der Waals surface area contributed by atoms with Crippen LogP contribution in [0.25, 0.3) is 0 Å². The van der Waals surface area contributed by atoms with E-state index in [-0.39, 0.29) is 19.0 Å². The molecule has 3 N–H and O–H groups in total. The lowest BCUT2D eigenvalue weighted by molar-refractivity contribution is -0.124. The van der Waals surface area contributed by atoms with Crippen LogP contribution >= 0.6 is 11.8 Å². The van der Waals surface area contributed by atoms with E-state index in [9.17, 15) is 14.0 Å². The number of benzene rings is 1. The summed E-state index contributed by atoms with van der Waals surface area (Å²) in [5.74, 6) is -0.199. The van der Waals surface area contributed by atoms with E-state index in [4.69, 9.17) is 5.73 Å². The van der Waals surface area contributed by atoms with Crippen LogP contribution in [-0.4, -0.2) is 35.7 Å². The van der Waals surface area contributed by atoms with Crippen molar-refractivity contribution in [3.63, 3.8) is 0 Å². The van der Waals surface area contributed by atoms with Crippen molar-refractivity contribution in [2.75, 3.05) is 24.6 Å². The summed E-state index contributed by atoms with van der Waals surface area (Å²) in [5, 5.41) is 2.42. The number of rotatable bonds is 4. The number of nitrogens with two attached hydrogens (primary N) is 1. The number of imide groups is 1. The molecule has 0 unspecified atom stereocenters. The van der Waals surface area contributed by atoms with Gasteiger partial charge in [0.05, 0.1) is 6.54 Å². The highest BCUT2D eigenvalue weighted by Gasteiger charge is 2.27. The van der Waals surface area contributed by atoms with Crippen LogP contribution in [0.15, 0.2) is 23.1 Å². The summed E-state index contributed by atoms with van der Waals surface area (Å²) >= 11 is 1.24. The van der Waals surface area contributed by atoms with Gasteiger partial charge >= 0.3 is 6.03 Å². The van der Waals surface area contributed by atoms with E-state index in [1.165, 1.54) is 17.8 Å². The number of hydrogen-bond acceptors (Lipinski definition) is 4. The van der Waals surface area contributed by atoms with Crippen LogP contribution in [0, 0.1) is 5.82 Å². The number of halogens is 1. The maximum Gasteiger partial charge on any atom is 0.324 e. The Hall–Kier alpha value is -1.76. The molecule has 1 aliphatic heterocycles. The smallest absolute Gasteiger partial charge is 0.324 e. The normalized spacial score (nSPS) is 15.1. The summed E-state index contributed by atoms with van der Waals surface area (Å²) in [4.78, 5) is 24.1. The zero-order valence-electron chi connectivity index (χ0n) is 9.48. The van der Waals surface area contributed by atoms with E-state index in [2.05, 4.69) is 5.32 Å². The van der Waals surface area contributed by atoms with Crippen LogP contribution in [-0.2, 0) is 4.79 Å². The minimum atomic E-state index is -0.391. The number of amides is 3. The van der Waals surface area contributed by atoms with Crippen LogP contribution in [0.5, 0.6) is 0 Å². The van der Waals surface area contributed by atoms with Gasteiger partial charge in [-0.25, -0.2) is 9.18 Å². The van der Waals surface area contributed by atoms with Gasteiger partial charge in [0.2, 0.25) is 5.91 Å². The number of nitrogens with zero attached hydrogens (tertiary/aromatic N) is 1. The minimum absolute atomic E-state index is 0.0414. The molecular formula is C11H12FN3O2S. The molecule has 0 atom stereocenters. The lowest BCUT2D eigenvalue weighted by Gasteiger charge is -2.11. The highest BCUT2D eigenvalue weighted by Crippen LogP contribution is 2.23. The molecule has 96 valence electrons. The fourth-order valence-corrected chi connectivity index (χ4v) is 2.42. The van der Waals surface area contributed by atoms with Gasteiger partial charge in [-0.05, 0) is 18.2 Å². The van der Waals surface area contributed by atoms with Crippen LogP contribution in [0.2, 0.25) is 0 Å². The molecule has 1 aromatic carbocycles. The summed E-state index contributed by atoms with van der Waals surface area (Å²) in [6.45, 7) is 0.304. The first-order chi connectivity index (χ1) is 8.58. The first-order valence-electron chi connectivity index (χ1n) is 5.34. The van der Waals surface area contributed by atoms with Crippen molar-refractivity contribution in [3.8, 4) is 0 Å². The van der Waals surface area contributed by atoms with E-state index in [0.717, 1.165) is 4.90 Å². The predicted octanol–water partition coefficient (Wildman–Crippen LogP) is 1.05. The van der Waals surface area contributed by atoms with Gasteiger partial charge in [0.25, 0.3) is 0 Å². The van der Waals surface area contributed by atoms with Crippen molar-refractivity contribution >= 4 is 29.4 Å². The zero-order valence-corrected chi connectivity index (χ0v) is 10.3. The molecule has 1 fully saturated rings. The average molecular weight is 269 g/mol. The van der Waals surface area contributed by atoms with E-state index >= 15 is 0 Å². The Bertz CT molecular complexity index is 479. The number of nitrogens with one attached hydrogen (secondary N) is 1. The topological polar surface area (TPSA) is 75.4 Å². The van der Waals surface area contributed by atoms with Gasteiger partial charge in [-0.3, -0.25) is 9.69 Å². The third-order valence-electron chi connectivity index (χ3n) is 2.47. The SMILES string of the molecule is Nc1ccc(SCCN2C(=O)CNC2=O)c(F)c1. The Morgan fingerprint density at radius 2 is 2.22 bits per heavy atom. The number of thioether (sulfide) groups is 1. The summed E-state index contributed by atoms with van der Waals surface area (Å²) < 4.78 is 13.4. The fourth-order valence-electron chi connectivity index (χ4n) is 1.56. The largest absolute Gasteiger partial charge is 0.399 e. The lowest BCUT2D eigenvalue weighted by Crippen LogP contribution is -2.32. The van der Waals surface area contributed by atoms with Crippen LogP contribution in [0.3, 0.4) is 0 Å². The van der Waals surface area contributed by atoms with E-state index in [1.54, 1.807) is 12.1 Å². The minimum Gasteiger partial charge on any atom is -0.399 e. The molecular weight excluding hydrogens is 257 g/mol. The first-order valence-corrected chi connectivity index (χ1v) is 6.32. The molecule has 0 radical (unpaired) electrons. The molecule has 3 amide bonds. The number of nitrogen functional groups attached to an aromatic ring is 1. The van der Waals surface area contributed by atoms with Crippen molar-refractivity contribution in [1.29, 1.82) is 0 Å². The Kier molecular flexibility index (Phi) is 3.71. The van der Waals surface area contributed by atoms with Gasteiger partial charge in [-0.2, -0.15) is 0 Å². The molecule has 7 heteroatoms. The van der Waals surface area contributed by atoms with Crippen molar-refractivity contribution in [1.82, 2.24) is 10.2 Å². The molecule has 5 nitrogen and oxygen atoms in total. The molecule has 0 saturated carbocycles. The molecule has 18 heavy (non-hydrogen) atoms. The third kappa shape index (κ3) is 2.73. The summed E-state index contributed by atoms with van der Waals surface area (Å²) in [5.41, 5.74) is 5.80. The zero-order chi connectivity index (χ0) is 13.1.